The fourth-order valence-corrected chi connectivity index (χ4v) is 4.91. The lowest BCUT2D eigenvalue weighted by Crippen LogP contribution is -2.26. The van der Waals surface area contributed by atoms with E-state index in [4.69, 9.17) is 25.8 Å². The third-order valence-electron chi connectivity index (χ3n) is 6.29. The van der Waals surface area contributed by atoms with Crippen LogP contribution in [0.1, 0.15) is 36.1 Å². The summed E-state index contributed by atoms with van der Waals surface area (Å²) in [4.78, 5) is 25.4. The van der Waals surface area contributed by atoms with E-state index in [0.717, 1.165) is 27.8 Å². The summed E-state index contributed by atoms with van der Waals surface area (Å²) in [5.41, 5.74) is 4.50. The molecule has 1 amide bonds. The summed E-state index contributed by atoms with van der Waals surface area (Å²) in [5.74, 6) is 1.37. The molecule has 3 aromatic carbocycles. The molecule has 3 aromatic rings. The van der Waals surface area contributed by atoms with Gasteiger partial charge in [0.1, 0.15) is 0 Å². The highest BCUT2D eigenvalue weighted by atomic mass is 35.5. The van der Waals surface area contributed by atoms with Crippen LogP contribution in [0, 0.1) is 0 Å². The maximum absolute atomic E-state index is 13.3. The molecule has 188 valence electrons. The van der Waals surface area contributed by atoms with Crippen LogP contribution in [-0.2, 0) is 17.8 Å². The van der Waals surface area contributed by atoms with Gasteiger partial charge in [0.25, 0.3) is 0 Å². The van der Waals surface area contributed by atoms with Crippen LogP contribution in [0.25, 0.3) is 11.1 Å². The highest BCUT2D eigenvalue weighted by molar-refractivity contribution is 6.30. The first-order valence-corrected chi connectivity index (χ1v) is 12.0. The monoisotopic (exact) mass is 508 g/mol. The van der Waals surface area contributed by atoms with Gasteiger partial charge in [-0.15, -0.1) is 0 Å². The molecule has 1 atom stereocenters. The first-order chi connectivity index (χ1) is 17.4. The van der Waals surface area contributed by atoms with Crippen LogP contribution in [-0.4, -0.2) is 27.2 Å². The number of fused-ring (bicyclic) bond motifs is 3. The van der Waals surface area contributed by atoms with Gasteiger partial charge in [0.2, 0.25) is 17.1 Å². The van der Waals surface area contributed by atoms with Crippen molar-refractivity contribution in [3.63, 3.8) is 0 Å². The van der Waals surface area contributed by atoms with Gasteiger partial charge in [-0.2, -0.15) is 0 Å². The molecule has 1 aliphatic rings. The zero-order valence-corrected chi connectivity index (χ0v) is 21.5. The Morgan fingerprint density at radius 2 is 1.81 bits per heavy atom. The molecule has 0 unspecified atom stereocenters. The zero-order valence-electron chi connectivity index (χ0n) is 20.7. The Balaban J connectivity index is 1.90. The van der Waals surface area contributed by atoms with E-state index in [1.165, 1.54) is 6.92 Å². The van der Waals surface area contributed by atoms with E-state index in [0.29, 0.717) is 47.3 Å². The fourth-order valence-electron chi connectivity index (χ4n) is 4.70. The van der Waals surface area contributed by atoms with E-state index in [9.17, 15) is 9.59 Å². The van der Waals surface area contributed by atoms with Gasteiger partial charge in [-0.3, -0.25) is 9.59 Å². The van der Waals surface area contributed by atoms with E-state index < -0.39 is 0 Å². The van der Waals surface area contributed by atoms with Crippen molar-refractivity contribution in [3.8, 4) is 28.4 Å². The normalized spacial score (nSPS) is 14.1. The summed E-state index contributed by atoms with van der Waals surface area (Å²) in [5, 5.41) is 6.88. The Morgan fingerprint density at radius 1 is 1.03 bits per heavy atom. The molecule has 0 radical (unpaired) electrons. The largest absolute Gasteiger partial charge is 0.493 e. The van der Waals surface area contributed by atoms with E-state index in [-0.39, 0.29) is 17.4 Å². The third-order valence-corrected chi connectivity index (χ3v) is 6.52. The molecule has 36 heavy (non-hydrogen) atoms. The molecule has 0 saturated carbocycles. The van der Waals surface area contributed by atoms with Crippen LogP contribution < -0.4 is 30.3 Å². The number of hydrogen-bond donors (Lipinski definition) is 2. The van der Waals surface area contributed by atoms with Crippen molar-refractivity contribution < 1.29 is 19.0 Å². The molecule has 7 nitrogen and oxygen atoms in total. The number of amides is 1. The molecular formula is C28H29ClN2O5. The van der Waals surface area contributed by atoms with E-state index in [1.807, 2.05) is 30.3 Å². The number of aryl methyl sites for hydroxylation is 1. The Hall–Kier alpha value is -3.71. The lowest BCUT2D eigenvalue weighted by atomic mass is 9.95. The van der Waals surface area contributed by atoms with Gasteiger partial charge in [0, 0.05) is 24.1 Å². The molecule has 0 saturated heterocycles. The van der Waals surface area contributed by atoms with Crippen molar-refractivity contribution in [1.29, 1.82) is 0 Å². The van der Waals surface area contributed by atoms with Gasteiger partial charge < -0.3 is 24.8 Å². The van der Waals surface area contributed by atoms with Gasteiger partial charge >= 0.3 is 0 Å². The van der Waals surface area contributed by atoms with Crippen LogP contribution in [0.3, 0.4) is 0 Å². The summed E-state index contributed by atoms with van der Waals surface area (Å²) < 4.78 is 17.0. The van der Waals surface area contributed by atoms with Gasteiger partial charge in [0.15, 0.2) is 11.5 Å². The Morgan fingerprint density at radius 3 is 2.47 bits per heavy atom. The topological polar surface area (TPSA) is 85.9 Å². The van der Waals surface area contributed by atoms with E-state index in [2.05, 4.69) is 10.6 Å². The van der Waals surface area contributed by atoms with Gasteiger partial charge in [-0.25, -0.2) is 0 Å². The van der Waals surface area contributed by atoms with E-state index in [1.54, 1.807) is 39.5 Å². The Bertz CT molecular complexity index is 1360. The lowest BCUT2D eigenvalue weighted by molar-refractivity contribution is -0.119. The molecule has 0 bridgehead atoms. The smallest absolute Gasteiger partial charge is 0.217 e. The first-order valence-electron chi connectivity index (χ1n) is 11.6. The molecule has 0 fully saturated rings. The molecule has 0 aromatic heterocycles. The third kappa shape index (κ3) is 5.11. The predicted molar refractivity (Wildman–Crippen MR) is 141 cm³/mol. The summed E-state index contributed by atoms with van der Waals surface area (Å²) in [6.07, 6.45) is 1.25. The Kier molecular flexibility index (Phi) is 7.70. The molecule has 4 rings (SSSR count). The second kappa shape index (κ2) is 10.9. The maximum atomic E-state index is 13.3. The molecule has 0 heterocycles. The number of carbonyl (C=O) groups excluding carboxylic acids is 1. The SMILES string of the molecule is COc1cc2c(c(OC)c1OC)-c1ccc(NCc3cccc(Cl)c3)c(=O)cc1[C@@H](NC(C)=O)CC2. The number of nitrogens with one attached hydrogen (secondary N) is 2. The highest BCUT2D eigenvalue weighted by Crippen LogP contribution is 2.50. The van der Waals surface area contributed by atoms with Crippen LogP contribution >= 0.6 is 11.6 Å². The number of halogens is 1. The van der Waals surface area contributed by atoms with Crippen LogP contribution in [0.4, 0.5) is 5.69 Å². The second-order valence-electron chi connectivity index (χ2n) is 8.58. The summed E-state index contributed by atoms with van der Waals surface area (Å²) >= 11 is 6.11. The lowest BCUT2D eigenvalue weighted by Gasteiger charge is -2.19. The minimum Gasteiger partial charge on any atom is -0.493 e. The number of benzene rings is 2. The Labute approximate surface area is 215 Å². The molecule has 1 aliphatic carbocycles. The van der Waals surface area contributed by atoms with Gasteiger partial charge in [0.05, 0.1) is 33.1 Å². The van der Waals surface area contributed by atoms with Crippen molar-refractivity contribution in [2.75, 3.05) is 26.6 Å². The van der Waals surface area contributed by atoms with Gasteiger partial charge in [-0.1, -0.05) is 29.8 Å². The maximum Gasteiger partial charge on any atom is 0.217 e. The number of anilines is 1. The standard InChI is InChI=1S/C28H29ClN2O5/c1-16(32)31-22-10-8-18-13-25(34-2)27(35-3)28(36-4)26(18)20-9-11-23(24(33)14-21(20)22)30-15-17-6-5-7-19(29)12-17/h5-7,9,11-14,22H,8,10,15H2,1-4H3,(H,30,33)(H,31,32)/t22-/m0/s1. The quantitative estimate of drug-likeness (QED) is 0.460. The number of carbonyl (C=O) groups is 1. The first kappa shape index (κ1) is 25.4. The predicted octanol–water partition coefficient (Wildman–Crippen LogP) is 5.13. The van der Waals surface area contributed by atoms with Crippen molar-refractivity contribution in [2.24, 2.45) is 0 Å². The number of methoxy groups -OCH3 is 3. The minimum absolute atomic E-state index is 0.169. The molecule has 2 N–H and O–H groups in total. The number of rotatable bonds is 7. The number of ether oxygens (including phenoxy) is 3. The van der Waals surface area contributed by atoms with Crippen LogP contribution in [0.2, 0.25) is 5.02 Å². The van der Waals surface area contributed by atoms with Crippen LogP contribution in [0.5, 0.6) is 17.2 Å². The minimum atomic E-state index is -0.354. The van der Waals surface area contributed by atoms with Crippen molar-refractivity contribution in [3.05, 3.63) is 80.5 Å². The summed E-state index contributed by atoms with van der Waals surface area (Å²) in [7, 11) is 4.71. The van der Waals surface area contributed by atoms with Crippen molar-refractivity contribution in [2.45, 2.75) is 32.4 Å². The number of hydrogen-bond acceptors (Lipinski definition) is 6. The summed E-state index contributed by atoms with van der Waals surface area (Å²) in [6.45, 7) is 1.91. The highest BCUT2D eigenvalue weighted by Gasteiger charge is 2.29. The zero-order chi connectivity index (χ0) is 25.8. The molecular weight excluding hydrogens is 480 g/mol. The molecule has 0 spiro atoms. The average molecular weight is 509 g/mol. The molecule has 0 aliphatic heterocycles. The van der Waals surface area contributed by atoms with Crippen molar-refractivity contribution in [1.82, 2.24) is 5.32 Å². The van der Waals surface area contributed by atoms with Crippen molar-refractivity contribution >= 4 is 23.2 Å². The van der Waals surface area contributed by atoms with Gasteiger partial charge in [-0.05, 0) is 65.4 Å². The fraction of sp³-hybridized carbons (Fsp3) is 0.286. The van der Waals surface area contributed by atoms with E-state index >= 15 is 0 Å². The summed E-state index contributed by atoms with van der Waals surface area (Å²) in [6, 6.07) is 14.3. The molecule has 8 heteroatoms. The van der Waals surface area contributed by atoms with Crippen LogP contribution in [0.15, 0.2) is 53.3 Å². The average Bonchev–Trinajstić information content (AvgIpc) is 3.10. The second-order valence-corrected chi connectivity index (χ2v) is 9.02.